The smallest absolute Gasteiger partial charge is 0.160 e. The Hall–Kier alpha value is -0.921. The number of hydrogen-bond donors (Lipinski definition) is 0. The minimum atomic E-state index is -0.0762. The van der Waals surface area contributed by atoms with Crippen LogP contribution in [0.3, 0.4) is 0 Å². The molecule has 0 amide bonds. The van der Waals surface area contributed by atoms with E-state index in [9.17, 15) is 9.59 Å². The summed E-state index contributed by atoms with van der Waals surface area (Å²) in [5.41, 5.74) is 0.947. The second-order valence-electron chi connectivity index (χ2n) is 2.26. The van der Waals surface area contributed by atoms with Crippen LogP contribution in [-0.4, -0.2) is 12.1 Å². The first kappa shape index (κ1) is 11.1. The summed E-state index contributed by atoms with van der Waals surface area (Å²) in [7, 11) is 0. The Bertz CT molecular complexity index is 294. The fourth-order valence-corrected chi connectivity index (χ4v) is 0.920. The number of Topliss-reactive ketones (excluding diaryl/α,β-unsaturated/α-hetero) is 1. The van der Waals surface area contributed by atoms with Crippen molar-refractivity contribution in [2.24, 2.45) is 0 Å². The fourth-order valence-electron chi connectivity index (χ4n) is 0.920. The van der Waals surface area contributed by atoms with Gasteiger partial charge in [-0.2, -0.15) is 0 Å². The van der Waals surface area contributed by atoms with Gasteiger partial charge in [-0.25, -0.2) is 0 Å². The average Bonchev–Trinajstić information content (AvgIpc) is 2.04. The fraction of sp³-hybridized carbons (Fsp3) is 0.111. The maximum absolute atomic E-state index is 10.9. The van der Waals surface area contributed by atoms with Crippen molar-refractivity contribution >= 4 is 12.1 Å². The molecule has 67 valence electrons. The predicted octanol–water partition coefficient (Wildman–Crippen LogP) is 1.70. The van der Waals surface area contributed by atoms with Crippen LogP contribution in [0.1, 0.15) is 27.6 Å². The van der Waals surface area contributed by atoms with Crippen molar-refractivity contribution in [1.29, 1.82) is 0 Å². The van der Waals surface area contributed by atoms with Crippen molar-refractivity contribution in [1.82, 2.24) is 0 Å². The van der Waals surface area contributed by atoms with Gasteiger partial charge in [-0.05, 0) is 6.92 Å². The van der Waals surface area contributed by atoms with Crippen LogP contribution < -0.4 is 0 Å². The molecule has 0 aliphatic carbocycles. The molecule has 0 N–H and O–H groups in total. The van der Waals surface area contributed by atoms with E-state index in [-0.39, 0.29) is 22.9 Å². The van der Waals surface area contributed by atoms with Crippen LogP contribution in [0.2, 0.25) is 0 Å². The number of carbonyl (C=O) groups is 2. The Kier molecular flexibility index (Phi) is 4.48. The van der Waals surface area contributed by atoms with Crippen LogP contribution in [0.4, 0.5) is 0 Å². The molecule has 1 aromatic rings. The van der Waals surface area contributed by atoms with E-state index in [1.165, 1.54) is 6.92 Å². The molecule has 2 nitrogen and oxygen atoms in total. The average molecular weight is 212 g/mol. The monoisotopic (exact) mass is 211 g/mol. The standard InChI is InChI=1S/C9H8O2.Cu/c1-7(11)9-5-3-2-4-8(9)6-10;/h2-6H,1H3;. The minimum Gasteiger partial charge on any atom is -0.298 e. The molecule has 0 saturated heterocycles. The van der Waals surface area contributed by atoms with E-state index < -0.39 is 0 Å². The van der Waals surface area contributed by atoms with Gasteiger partial charge in [0, 0.05) is 28.2 Å². The van der Waals surface area contributed by atoms with Crippen LogP contribution in [0.25, 0.3) is 0 Å². The molecule has 1 aromatic carbocycles. The molecule has 0 heterocycles. The Morgan fingerprint density at radius 1 is 1.33 bits per heavy atom. The number of carbonyl (C=O) groups excluding carboxylic acids is 2. The van der Waals surface area contributed by atoms with Crippen molar-refractivity contribution in [2.75, 3.05) is 0 Å². The van der Waals surface area contributed by atoms with Crippen molar-refractivity contribution < 1.29 is 26.7 Å². The van der Waals surface area contributed by atoms with E-state index in [2.05, 4.69) is 0 Å². The molecular weight excluding hydrogens is 204 g/mol. The van der Waals surface area contributed by atoms with E-state index in [1.807, 2.05) is 0 Å². The summed E-state index contributed by atoms with van der Waals surface area (Å²) in [4.78, 5) is 21.2. The van der Waals surface area contributed by atoms with Gasteiger partial charge >= 0.3 is 0 Å². The molecule has 0 saturated carbocycles. The van der Waals surface area contributed by atoms with E-state index in [0.717, 1.165) is 0 Å². The molecular formula is C9H8CuO2. The van der Waals surface area contributed by atoms with Crippen LogP contribution in [0.5, 0.6) is 0 Å². The quantitative estimate of drug-likeness (QED) is 0.424. The van der Waals surface area contributed by atoms with Crippen molar-refractivity contribution in [3.8, 4) is 0 Å². The van der Waals surface area contributed by atoms with Gasteiger partial charge < -0.3 is 0 Å². The summed E-state index contributed by atoms with van der Waals surface area (Å²) >= 11 is 0. The number of hydrogen-bond acceptors (Lipinski definition) is 2. The van der Waals surface area contributed by atoms with Gasteiger partial charge in [0.15, 0.2) is 12.1 Å². The summed E-state index contributed by atoms with van der Waals surface area (Å²) < 4.78 is 0. The number of rotatable bonds is 2. The molecule has 0 spiro atoms. The molecule has 0 aromatic heterocycles. The van der Waals surface area contributed by atoms with Crippen LogP contribution in [0, 0.1) is 0 Å². The summed E-state index contributed by atoms with van der Waals surface area (Å²) in [5.74, 6) is -0.0762. The minimum absolute atomic E-state index is 0. The SMILES string of the molecule is CC(=O)c1ccccc1C=O.[Cu]. The molecule has 0 bridgehead atoms. The Balaban J connectivity index is 0.00000121. The molecule has 1 radical (unpaired) electrons. The van der Waals surface area contributed by atoms with Gasteiger partial charge in [0.05, 0.1) is 0 Å². The zero-order valence-corrected chi connectivity index (χ0v) is 7.45. The van der Waals surface area contributed by atoms with E-state index in [1.54, 1.807) is 24.3 Å². The second kappa shape index (κ2) is 4.86. The predicted molar refractivity (Wildman–Crippen MR) is 41.8 cm³/mol. The van der Waals surface area contributed by atoms with E-state index in [0.29, 0.717) is 17.4 Å². The van der Waals surface area contributed by atoms with Gasteiger partial charge in [-0.1, -0.05) is 24.3 Å². The largest absolute Gasteiger partial charge is 0.298 e. The number of aldehydes is 1. The normalized spacial score (nSPS) is 8.42. The first-order chi connectivity index (χ1) is 5.25. The third-order valence-corrected chi connectivity index (χ3v) is 1.47. The first-order valence-electron chi connectivity index (χ1n) is 3.31. The summed E-state index contributed by atoms with van der Waals surface area (Å²) in [6, 6.07) is 6.75. The Morgan fingerprint density at radius 2 is 1.92 bits per heavy atom. The molecule has 0 aliphatic heterocycles. The zero-order chi connectivity index (χ0) is 8.27. The molecule has 0 aliphatic rings. The third kappa shape index (κ3) is 2.29. The Morgan fingerprint density at radius 3 is 2.33 bits per heavy atom. The molecule has 0 atom stereocenters. The molecule has 1 rings (SSSR count). The molecule has 12 heavy (non-hydrogen) atoms. The maximum Gasteiger partial charge on any atom is 0.160 e. The number of benzene rings is 1. The zero-order valence-electron chi connectivity index (χ0n) is 6.50. The van der Waals surface area contributed by atoms with Gasteiger partial charge in [0.25, 0.3) is 0 Å². The van der Waals surface area contributed by atoms with Crippen LogP contribution in [-0.2, 0) is 17.1 Å². The van der Waals surface area contributed by atoms with E-state index >= 15 is 0 Å². The molecule has 0 fully saturated rings. The van der Waals surface area contributed by atoms with Gasteiger partial charge in [-0.3, -0.25) is 9.59 Å². The van der Waals surface area contributed by atoms with Gasteiger partial charge in [0.1, 0.15) is 0 Å². The van der Waals surface area contributed by atoms with Crippen molar-refractivity contribution in [3.05, 3.63) is 35.4 Å². The Labute approximate surface area is 81.4 Å². The summed E-state index contributed by atoms with van der Waals surface area (Å²) in [6.07, 6.45) is 0.691. The second-order valence-corrected chi connectivity index (χ2v) is 2.26. The van der Waals surface area contributed by atoms with Gasteiger partial charge in [-0.15, -0.1) is 0 Å². The number of ketones is 1. The topological polar surface area (TPSA) is 34.1 Å². The van der Waals surface area contributed by atoms with Crippen molar-refractivity contribution in [2.45, 2.75) is 6.92 Å². The maximum atomic E-state index is 10.9. The molecule has 3 heteroatoms. The van der Waals surface area contributed by atoms with E-state index in [4.69, 9.17) is 0 Å². The third-order valence-electron chi connectivity index (χ3n) is 1.47. The van der Waals surface area contributed by atoms with Crippen molar-refractivity contribution in [3.63, 3.8) is 0 Å². The first-order valence-corrected chi connectivity index (χ1v) is 3.31. The summed E-state index contributed by atoms with van der Waals surface area (Å²) in [6.45, 7) is 1.45. The van der Waals surface area contributed by atoms with Crippen LogP contribution in [0.15, 0.2) is 24.3 Å². The summed E-state index contributed by atoms with van der Waals surface area (Å²) in [5, 5.41) is 0. The van der Waals surface area contributed by atoms with Crippen LogP contribution >= 0.6 is 0 Å². The molecule has 0 unspecified atom stereocenters. The van der Waals surface area contributed by atoms with Gasteiger partial charge in [0.2, 0.25) is 0 Å².